The van der Waals surface area contributed by atoms with E-state index in [4.69, 9.17) is 29.0 Å². The predicted molar refractivity (Wildman–Crippen MR) is 168 cm³/mol. The van der Waals surface area contributed by atoms with Gasteiger partial charge in [0.05, 0.1) is 6.61 Å². The molecule has 4 aromatic carbocycles. The van der Waals surface area contributed by atoms with Crippen LogP contribution in [0.1, 0.15) is 35.6 Å². The van der Waals surface area contributed by atoms with Crippen LogP contribution in [0.15, 0.2) is 115 Å². The number of hydrogen-bond donors (Lipinski definition) is 2. The molecule has 224 valence electrons. The zero-order valence-electron chi connectivity index (χ0n) is 24.3. The van der Waals surface area contributed by atoms with E-state index in [0.717, 1.165) is 27.8 Å². The van der Waals surface area contributed by atoms with Gasteiger partial charge in [-0.1, -0.05) is 66.7 Å². The van der Waals surface area contributed by atoms with Gasteiger partial charge >= 0.3 is 0 Å². The Morgan fingerprint density at radius 3 is 2.43 bits per heavy atom. The molecule has 2 aliphatic heterocycles. The van der Waals surface area contributed by atoms with Crippen molar-refractivity contribution in [3.05, 3.63) is 126 Å². The summed E-state index contributed by atoms with van der Waals surface area (Å²) in [5.74, 6) is 2.11. The number of amides is 1. The number of carbonyl (C=O) groups excluding carboxylic acids is 1. The third kappa shape index (κ3) is 6.02. The van der Waals surface area contributed by atoms with Crippen molar-refractivity contribution in [2.24, 2.45) is 4.99 Å². The molecule has 2 N–H and O–H groups in total. The summed E-state index contributed by atoms with van der Waals surface area (Å²) < 4.78 is 23.2. The van der Waals surface area contributed by atoms with Crippen LogP contribution in [0.5, 0.6) is 17.2 Å². The highest BCUT2D eigenvalue weighted by Crippen LogP contribution is 2.43. The fourth-order valence-electron chi connectivity index (χ4n) is 5.40. The number of nitrogens with one attached hydrogen (secondary N) is 1. The number of rotatable bonds is 12. The lowest BCUT2D eigenvalue weighted by Gasteiger charge is -2.30. The lowest BCUT2D eigenvalue weighted by molar-refractivity contribution is -0.129. The molecule has 0 radical (unpaired) electrons. The van der Waals surface area contributed by atoms with Crippen LogP contribution in [-0.2, 0) is 16.1 Å². The number of nitrogens with zero attached hydrogens (tertiary/aromatic N) is 1. The molecule has 4 aromatic rings. The lowest BCUT2D eigenvalue weighted by Crippen LogP contribution is -2.47. The lowest BCUT2D eigenvalue weighted by atomic mass is 9.84. The summed E-state index contributed by atoms with van der Waals surface area (Å²) in [6, 6.07) is 31.2. The Labute approximate surface area is 256 Å². The molecule has 1 amide bonds. The van der Waals surface area contributed by atoms with Gasteiger partial charge in [-0.3, -0.25) is 4.79 Å². The first-order valence-electron chi connectivity index (χ1n) is 14.6. The van der Waals surface area contributed by atoms with Crippen LogP contribution in [-0.4, -0.2) is 42.5 Å². The van der Waals surface area contributed by atoms with Gasteiger partial charge in [-0.05, 0) is 58.7 Å². The third-order valence-corrected chi connectivity index (χ3v) is 7.70. The molecule has 2 heterocycles. The third-order valence-electron chi connectivity index (χ3n) is 7.70. The van der Waals surface area contributed by atoms with Crippen LogP contribution in [0.4, 0.5) is 0 Å². The fourth-order valence-corrected chi connectivity index (χ4v) is 5.40. The number of benzene rings is 4. The number of aliphatic imine (C=N–C) groups is 1. The monoisotopic (exact) mass is 590 g/mol. The summed E-state index contributed by atoms with van der Waals surface area (Å²) in [4.78, 5) is 19.2. The minimum atomic E-state index is -1.29. The largest absolute Gasteiger partial charge is 0.494 e. The Morgan fingerprint density at radius 1 is 0.955 bits per heavy atom. The summed E-state index contributed by atoms with van der Waals surface area (Å²) >= 11 is 0. The molecule has 8 nitrogen and oxygen atoms in total. The number of ether oxygens (including phenoxy) is 4. The molecule has 0 unspecified atom stereocenters. The molecule has 0 saturated carbocycles. The topological polar surface area (TPSA) is 98.6 Å². The normalized spacial score (nSPS) is 18.3. The maximum Gasteiger partial charge on any atom is 0.252 e. The van der Waals surface area contributed by atoms with E-state index in [9.17, 15) is 4.79 Å². The van der Waals surface area contributed by atoms with E-state index < -0.39 is 11.6 Å². The van der Waals surface area contributed by atoms with Gasteiger partial charge in [-0.2, -0.15) is 0 Å². The maximum atomic E-state index is 14.2. The van der Waals surface area contributed by atoms with E-state index in [-0.39, 0.29) is 32.3 Å². The molecule has 0 spiro atoms. The molecule has 0 saturated heterocycles. The van der Waals surface area contributed by atoms with Crippen LogP contribution in [0.2, 0.25) is 0 Å². The maximum absolute atomic E-state index is 14.2. The van der Waals surface area contributed by atoms with Gasteiger partial charge in [-0.25, -0.2) is 4.99 Å². The zero-order valence-corrected chi connectivity index (χ0v) is 24.3. The fraction of sp³-hybridized carbons (Fsp3) is 0.222. The second-order valence-electron chi connectivity index (χ2n) is 10.6. The van der Waals surface area contributed by atoms with Crippen molar-refractivity contribution in [3.63, 3.8) is 0 Å². The summed E-state index contributed by atoms with van der Waals surface area (Å²) in [5.41, 5.74) is 3.29. The van der Waals surface area contributed by atoms with Crippen LogP contribution in [0.25, 0.3) is 11.1 Å². The van der Waals surface area contributed by atoms with Crippen molar-refractivity contribution in [3.8, 4) is 28.4 Å². The Kier molecular flexibility index (Phi) is 8.61. The highest BCUT2D eigenvalue weighted by molar-refractivity contribution is 6.01. The van der Waals surface area contributed by atoms with Crippen molar-refractivity contribution in [2.75, 3.05) is 20.0 Å². The molecule has 8 heteroatoms. The van der Waals surface area contributed by atoms with Crippen molar-refractivity contribution >= 4 is 11.8 Å². The van der Waals surface area contributed by atoms with Gasteiger partial charge in [-0.15, -0.1) is 6.58 Å². The average molecular weight is 591 g/mol. The van der Waals surface area contributed by atoms with Crippen molar-refractivity contribution in [2.45, 2.75) is 31.0 Å². The van der Waals surface area contributed by atoms with Gasteiger partial charge in [0.15, 0.2) is 23.1 Å². The first-order chi connectivity index (χ1) is 21.6. The van der Waals surface area contributed by atoms with Gasteiger partial charge in [0.2, 0.25) is 12.7 Å². The summed E-state index contributed by atoms with van der Waals surface area (Å²) in [7, 11) is 0. The van der Waals surface area contributed by atoms with Gasteiger partial charge < -0.3 is 29.4 Å². The SMILES string of the molecule is C=CC[C@@]1(C(=O)NCc2ccc3c(c2)OCO3)N=C(c2ccc(OCCCO)cc2)O[C@@H]1c1ccc(-c2ccccc2)cc1. The number of aliphatic hydroxyl groups is 1. The second kappa shape index (κ2) is 13.1. The molecule has 2 aliphatic rings. The number of aliphatic hydroxyl groups excluding tert-OH is 1. The smallest absolute Gasteiger partial charge is 0.252 e. The highest BCUT2D eigenvalue weighted by Gasteiger charge is 2.52. The van der Waals surface area contributed by atoms with E-state index >= 15 is 0 Å². The Bertz CT molecular complexity index is 1640. The molecule has 2 atom stereocenters. The van der Waals surface area contributed by atoms with Crippen LogP contribution >= 0.6 is 0 Å². The molecule has 44 heavy (non-hydrogen) atoms. The van der Waals surface area contributed by atoms with E-state index in [1.165, 1.54) is 0 Å². The van der Waals surface area contributed by atoms with Gasteiger partial charge in [0, 0.05) is 31.6 Å². The molecule has 0 bridgehead atoms. The summed E-state index contributed by atoms with van der Waals surface area (Å²) in [6.45, 7) is 4.91. The Balaban J connectivity index is 1.31. The van der Waals surface area contributed by atoms with E-state index in [0.29, 0.717) is 36.2 Å². The highest BCUT2D eigenvalue weighted by atomic mass is 16.7. The molecular weight excluding hydrogens is 556 g/mol. The summed E-state index contributed by atoms with van der Waals surface area (Å²) in [5, 5.41) is 12.1. The average Bonchev–Trinajstić information content (AvgIpc) is 3.70. The standard InChI is InChI=1S/C36H34N2O6/c1-2-19-36(35(40)37-23-25-9-18-31-32(22-25)43-24-42-31)33(28-12-10-27(11-13-28)26-7-4-3-5-8-26)44-34(38-36)29-14-16-30(17-15-29)41-21-6-20-39/h2-5,7-18,22,33,39H,1,6,19-21,23-24H2,(H,37,40)/t33-,36-/m1/s1. The molecule has 0 aromatic heterocycles. The predicted octanol–water partition coefficient (Wildman–Crippen LogP) is 5.99. The van der Waals surface area contributed by atoms with Crippen LogP contribution in [0.3, 0.4) is 0 Å². The zero-order chi connectivity index (χ0) is 30.4. The second-order valence-corrected chi connectivity index (χ2v) is 10.6. The van der Waals surface area contributed by atoms with Crippen LogP contribution < -0.4 is 19.5 Å². The van der Waals surface area contributed by atoms with E-state index in [1.807, 2.05) is 84.9 Å². The van der Waals surface area contributed by atoms with Crippen molar-refractivity contribution in [1.29, 1.82) is 0 Å². The molecular formula is C36H34N2O6. The Hall–Kier alpha value is -5.08. The quantitative estimate of drug-likeness (QED) is 0.155. The van der Waals surface area contributed by atoms with E-state index in [1.54, 1.807) is 6.08 Å². The van der Waals surface area contributed by atoms with E-state index in [2.05, 4.69) is 24.0 Å². The summed E-state index contributed by atoms with van der Waals surface area (Å²) in [6.07, 6.45) is 1.82. The number of fused-ring (bicyclic) bond motifs is 1. The van der Waals surface area contributed by atoms with Gasteiger partial charge in [0.25, 0.3) is 5.91 Å². The van der Waals surface area contributed by atoms with Gasteiger partial charge in [0.1, 0.15) is 5.75 Å². The van der Waals surface area contributed by atoms with Crippen molar-refractivity contribution < 1.29 is 28.8 Å². The van der Waals surface area contributed by atoms with Crippen LogP contribution in [0, 0.1) is 0 Å². The minimum absolute atomic E-state index is 0.0680. The first-order valence-corrected chi connectivity index (χ1v) is 14.6. The minimum Gasteiger partial charge on any atom is -0.494 e. The van der Waals surface area contributed by atoms with Crippen molar-refractivity contribution in [1.82, 2.24) is 5.32 Å². The Morgan fingerprint density at radius 2 is 1.68 bits per heavy atom. The first kappa shape index (κ1) is 29.0. The number of hydrogen-bond acceptors (Lipinski definition) is 7. The molecule has 0 fully saturated rings. The molecule has 0 aliphatic carbocycles. The number of carbonyl (C=O) groups is 1. The molecule has 6 rings (SSSR count).